The highest BCUT2D eigenvalue weighted by molar-refractivity contribution is 7.98. The Hall–Kier alpha value is -4.43. The first kappa shape index (κ1) is 29.6. The number of aromatic hydroxyl groups is 1. The number of carbonyl (C=O) groups is 2. The Balaban J connectivity index is 1.53. The van der Waals surface area contributed by atoms with Gasteiger partial charge in [0.25, 0.3) is 0 Å². The number of nitrogens with one attached hydrogen (secondary N) is 2. The Kier molecular flexibility index (Phi) is 9.57. The average Bonchev–Trinajstić information content (AvgIpc) is 2.96. The summed E-state index contributed by atoms with van der Waals surface area (Å²) >= 11 is 1.62. The van der Waals surface area contributed by atoms with Crippen molar-refractivity contribution in [2.24, 2.45) is 5.41 Å². The average molecular weight is 570 g/mol. The van der Waals surface area contributed by atoms with Gasteiger partial charge in [0, 0.05) is 26.9 Å². The first-order valence-corrected chi connectivity index (χ1v) is 14.5. The molecule has 1 atom stereocenters. The fourth-order valence-electron chi connectivity index (χ4n) is 4.67. The van der Waals surface area contributed by atoms with E-state index < -0.39 is 17.6 Å². The van der Waals surface area contributed by atoms with E-state index in [1.165, 1.54) is 6.08 Å². The third-order valence-corrected chi connectivity index (χ3v) is 7.68. The third kappa shape index (κ3) is 7.61. The molecule has 4 rings (SSSR count). The van der Waals surface area contributed by atoms with E-state index in [0.717, 1.165) is 15.8 Å². The van der Waals surface area contributed by atoms with Gasteiger partial charge in [-0.2, -0.15) is 0 Å². The minimum atomic E-state index is -0.648. The number of rotatable bonds is 10. The molecule has 0 aliphatic carbocycles. The van der Waals surface area contributed by atoms with Crippen LogP contribution in [-0.4, -0.2) is 23.4 Å². The zero-order valence-electron chi connectivity index (χ0n) is 23.4. The monoisotopic (exact) mass is 569 g/mol. The second kappa shape index (κ2) is 13.3. The van der Waals surface area contributed by atoms with Crippen LogP contribution in [0.25, 0.3) is 10.8 Å². The standard InChI is InChI=1S/C33H35N3O4S/c1-33(2,21-9-8-14-30(38)36-28-13-7-6-12-27(28)34)31(26-19-20-29(37)25-11-5-4-10-24(25)26)40-32(39)35-22-15-17-23(41-3)18-16-22/h4-8,10-20,31,37H,9,21,34H2,1-3H3,(H,35,39)(H,36,38)/b14-8+/t31-/m1/s1. The summed E-state index contributed by atoms with van der Waals surface area (Å²) in [6, 6.07) is 25.6. The Bertz CT molecular complexity index is 1550. The summed E-state index contributed by atoms with van der Waals surface area (Å²) in [6.45, 7) is 4.05. The molecule has 0 bridgehead atoms. The minimum absolute atomic E-state index is 0.159. The molecule has 8 heteroatoms. The normalized spacial score (nSPS) is 12.3. The van der Waals surface area contributed by atoms with Crippen LogP contribution >= 0.6 is 11.8 Å². The van der Waals surface area contributed by atoms with Crippen molar-refractivity contribution < 1.29 is 19.4 Å². The van der Waals surface area contributed by atoms with Crippen LogP contribution in [0, 0.1) is 5.41 Å². The van der Waals surface area contributed by atoms with Gasteiger partial charge < -0.3 is 20.9 Å². The molecule has 0 aliphatic rings. The first-order chi connectivity index (χ1) is 19.7. The van der Waals surface area contributed by atoms with Crippen molar-refractivity contribution in [2.45, 2.75) is 37.7 Å². The zero-order chi connectivity index (χ0) is 29.4. The summed E-state index contributed by atoms with van der Waals surface area (Å²) in [5.74, 6) is -0.114. The lowest BCUT2D eigenvalue weighted by molar-refractivity contribution is -0.111. The SMILES string of the molecule is CSc1ccc(NC(=O)O[C@H](c2ccc(O)c3ccccc23)C(C)(C)CC/C=C/C(=O)Nc2ccccc2N)cc1. The van der Waals surface area contributed by atoms with E-state index >= 15 is 0 Å². The summed E-state index contributed by atoms with van der Waals surface area (Å²) in [4.78, 5) is 26.7. The molecule has 4 aromatic carbocycles. The van der Waals surface area contributed by atoms with Gasteiger partial charge >= 0.3 is 6.09 Å². The van der Waals surface area contributed by atoms with Crippen LogP contribution in [0.5, 0.6) is 5.75 Å². The number of carbonyl (C=O) groups excluding carboxylic acids is 2. The molecular weight excluding hydrogens is 534 g/mol. The number of amides is 2. The number of hydrogen-bond acceptors (Lipinski definition) is 6. The van der Waals surface area contributed by atoms with Crippen LogP contribution in [0.1, 0.15) is 38.4 Å². The van der Waals surface area contributed by atoms with Crippen molar-refractivity contribution in [1.82, 2.24) is 0 Å². The molecule has 0 spiro atoms. The molecular formula is C33H35N3O4S. The molecule has 41 heavy (non-hydrogen) atoms. The van der Waals surface area contributed by atoms with Gasteiger partial charge in [-0.1, -0.05) is 62.4 Å². The Morgan fingerprint density at radius 2 is 1.63 bits per heavy atom. The number of para-hydroxylation sites is 2. The summed E-state index contributed by atoms with van der Waals surface area (Å²) in [6.07, 6.45) is 5.23. The van der Waals surface area contributed by atoms with Crippen LogP contribution in [-0.2, 0) is 9.53 Å². The van der Waals surface area contributed by atoms with Crippen molar-refractivity contribution in [2.75, 3.05) is 22.6 Å². The molecule has 0 fully saturated rings. The lowest BCUT2D eigenvalue weighted by atomic mass is 9.77. The van der Waals surface area contributed by atoms with Crippen molar-refractivity contribution >= 4 is 51.6 Å². The molecule has 0 aliphatic heterocycles. The number of fused-ring (bicyclic) bond motifs is 1. The summed E-state index contributed by atoms with van der Waals surface area (Å²) in [5, 5.41) is 17.6. The Morgan fingerprint density at radius 1 is 0.951 bits per heavy atom. The van der Waals surface area contributed by atoms with E-state index in [-0.39, 0.29) is 11.7 Å². The Labute approximate surface area is 244 Å². The fraction of sp³-hybridized carbons (Fsp3) is 0.212. The van der Waals surface area contributed by atoms with E-state index in [0.29, 0.717) is 35.3 Å². The highest BCUT2D eigenvalue weighted by atomic mass is 32.2. The number of nitrogen functional groups attached to an aromatic ring is 1. The largest absolute Gasteiger partial charge is 0.507 e. The summed E-state index contributed by atoms with van der Waals surface area (Å²) < 4.78 is 6.13. The predicted molar refractivity (Wildman–Crippen MR) is 168 cm³/mol. The molecule has 0 unspecified atom stereocenters. The van der Waals surface area contributed by atoms with Crippen molar-refractivity contribution in [3.05, 3.63) is 103 Å². The van der Waals surface area contributed by atoms with Crippen LogP contribution in [0.3, 0.4) is 0 Å². The predicted octanol–water partition coefficient (Wildman–Crippen LogP) is 8.14. The molecule has 5 N–H and O–H groups in total. The molecule has 2 amide bonds. The molecule has 7 nitrogen and oxygen atoms in total. The molecule has 212 valence electrons. The summed E-state index contributed by atoms with van der Waals surface area (Å²) in [5.41, 5.74) is 7.86. The lowest BCUT2D eigenvalue weighted by Gasteiger charge is -2.35. The number of ether oxygens (including phenoxy) is 1. The van der Waals surface area contributed by atoms with Crippen LogP contribution in [0.4, 0.5) is 21.9 Å². The van der Waals surface area contributed by atoms with Crippen LogP contribution in [0.15, 0.2) is 102 Å². The number of anilines is 3. The van der Waals surface area contributed by atoms with Gasteiger partial charge in [-0.25, -0.2) is 4.79 Å². The number of thioether (sulfide) groups is 1. The van der Waals surface area contributed by atoms with Crippen molar-refractivity contribution in [3.63, 3.8) is 0 Å². The maximum atomic E-state index is 13.2. The van der Waals surface area contributed by atoms with Gasteiger partial charge in [-0.05, 0) is 73.0 Å². The minimum Gasteiger partial charge on any atom is -0.507 e. The van der Waals surface area contributed by atoms with E-state index in [9.17, 15) is 14.7 Å². The molecule has 0 radical (unpaired) electrons. The number of allylic oxidation sites excluding steroid dienone is 1. The van der Waals surface area contributed by atoms with Crippen LogP contribution in [0.2, 0.25) is 0 Å². The quantitative estimate of drug-likeness (QED) is 0.0871. The van der Waals surface area contributed by atoms with E-state index in [1.807, 2.05) is 68.6 Å². The summed E-state index contributed by atoms with van der Waals surface area (Å²) in [7, 11) is 0. The number of phenols is 1. The molecule has 0 saturated carbocycles. The zero-order valence-corrected chi connectivity index (χ0v) is 24.2. The molecule has 0 heterocycles. The van der Waals surface area contributed by atoms with Crippen LogP contribution < -0.4 is 16.4 Å². The van der Waals surface area contributed by atoms with Gasteiger partial charge in [-0.15, -0.1) is 11.8 Å². The second-order valence-electron chi connectivity index (χ2n) is 10.4. The second-order valence-corrected chi connectivity index (χ2v) is 11.2. The van der Waals surface area contributed by atoms with Gasteiger partial charge in [-0.3, -0.25) is 10.1 Å². The van der Waals surface area contributed by atoms with Crippen molar-refractivity contribution in [3.8, 4) is 5.75 Å². The fourth-order valence-corrected chi connectivity index (χ4v) is 5.08. The van der Waals surface area contributed by atoms with E-state index in [1.54, 1.807) is 54.2 Å². The third-order valence-electron chi connectivity index (χ3n) is 6.93. The molecule has 0 aromatic heterocycles. The number of phenolic OH excluding ortho intramolecular Hbond substituents is 1. The van der Waals surface area contributed by atoms with Gasteiger partial charge in [0.2, 0.25) is 5.91 Å². The first-order valence-electron chi connectivity index (χ1n) is 13.3. The highest BCUT2D eigenvalue weighted by Gasteiger charge is 2.35. The van der Waals surface area contributed by atoms with Gasteiger partial charge in [0.15, 0.2) is 0 Å². The smallest absolute Gasteiger partial charge is 0.412 e. The van der Waals surface area contributed by atoms with Gasteiger partial charge in [0.1, 0.15) is 11.9 Å². The lowest BCUT2D eigenvalue weighted by Crippen LogP contribution is -2.29. The number of hydrogen-bond donors (Lipinski definition) is 4. The molecule has 0 saturated heterocycles. The topological polar surface area (TPSA) is 114 Å². The van der Waals surface area contributed by atoms with Gasteiger partial charge in [0.05, 0.1) is 11.4 Å². The van der Waals surface area contributed by atoms with Crippen molar-refractivity contribution in [1.29, 1.82) is 0 Å². The molecule has 4 aromatic rings. The number of benzene rings is 4. The number of nitrogens with two attached hydrogens (primary N) is 1. The Morgan fingerprint density at radius 3 is 2.34 bits per heavy atom. The highest BCUT2D eigenvalue weighted by Crippen LogP contribution is 2.44. The van der Waals surface area contributed by atoms with E-state index in [2.05, 4.69) is 10.6 Å². The maximum absolute atomic E-state index is 13.2. The maximum Gasteiger partial charge on any atom is 0.412 e. The van der Waals surface area contributed by atoms with E-state index in [4.69, 9.17) is 10.5 Å².